The summed E-state index contributed by atoms with van der Waals surface area (Å²) < 4.78 is 0. The van der Waals surface area contributed by atoms with Crippen molar-refractivity contribution in [3.8, 4) is 0 Å². The van der Waals surface area contributed by atoms with Crippen molar-refractivity contribution >= 4 is 0 Å². The number of nitrogens with one attached hydrogen (secondary N) is 1. The molecular formula is C20H27N3. The zero-order valence-electron chi connectivity index (χ0n) is 14.2. The smallest absolute Gasteiger partial charge is 0.0270 e. The van der Waals surface area contributed by atoms with Gasteiger partial charge in [-0.05, 0) is 56.5 Å². The first kappa shape index (κ1) is 16.2. The van der Waals surface area contributed by atoms with Crippen LogP contribution in [0.5, 0.6) is 0 Å². The number of aromatic nitrogens is 1. The molecule has 1 atom stereocenters. The van der Waals surface area contributed by atoms with E-state index in [-0.39, 0.29) is 5.54 Å². The number of benzene rings is 1. The van der Waals surface area contributed by atoms with Gasteiger partial charge in [0, 0.05) is 37.1 Å². The molecule has 1 fully saturated rings. The van der Waals surface area contributed by atoms with Gasteiger partial charge in [0.1, 0.15) is 0 Å². The Morgan fingerprint density at radius 1 is 1.09 bits per heavy atom. The molecule has 3 heteroatoms. The van der Waals surface area contributed by atoms with Crippen LogP contribution in [-0.2, 0) is 13.0 Å². The van der Waals surface area contributed by atoms with Gasteiger partial charge in [0.2, 0.25) is 0 Å². The average Bonchev–Trinajstić information content (AvgIpc) is 2.83. The highest BCUT2D eigenvalue weighted by Crippen LogP contribution is 2.30. The summed E-state index contributed by atoms with van der Waals surface area (Å²) in [7, 11) is 0. The van der Waals surface area contributed by atoms with Crippen molar-refractivity contribution in [1.82, 2.24) is 15.2 Å². The van der Waals surface area contributed by atoms with E-state index in [1.807, 2.05) is 12.4 Å². The highest BCUT2D eigenvalue weighted by atomic mass is 15.2. The van der Waals surface area contributed by atoms with Crippen LogP contribution in [0.25, 0.3) is 0 Å². The maximum atomic E-state index is 4.07. The lowest BCUT2D eigenvalue weighted by molar-refractivity contribution is 0.166. The van der Waals surface area contributed by atoms with Crippen LogP contribution in [0.2, 0.25) is 0 Å². The maximum Gasteiger partial charge on any atom is 0.0270 e. The highest BCUT2D eigenvalue weighted by molar-refractivity contribution is 5.16. The van der Waals surface area contributed by atoms with Gasteiger partial charge in [-0.1, -0.05) is 30.3 Å². The van der Waals surface area contributed by atoms with Crippen molar-refractivity contribution in [2.45, 2.75) is 44.8 Å². The molecule has 0 amide bonds. The first-order chi connectivity index (χ1) is 11.1. The lowest BCUT2D eigenvalue weighted by Gasteiger charge is -2.31. The van der Waals surface area contributed by atoms with E-state index in [9.17, 15) is 0 Å². The van der Waals surface area contributed by atoms with E-state index in [0.29, 0.717) is 6.04 Å². The summed E-state index contributed by atoms with van der Waals surface area (Å²) in [5, 5.41) is 3.74. The lowest BCUT2D eigenvalue weighted by atomic mass is 9.99. The number of likely N-dealkylation sites (tertiary alicyclic amines) is 1. The second-order valence-electron chi connectivity index (χ2n) is 7.14. The van der Waals surface area contributed by atoms with Crippen molar-refractivity contribution in [2.75, 3.05) is 13.1 Å². The van der Waals surface area contributed by atoms with Gasteiger partial charge >= 0.3 is 0 Å². The molecule has 1 N–H and O–H groups in total. The van der Waals surface area contributed by atoms with Crippen LogP contribution in [0.15, 0.2) is 54.9 Å². The van der Waals surface area contributed by atoms with E-state index in [1.54, 1.807) is 0 Å². The molecule has 23 heavy (non-hydrogen) atoms. The van der Waals surface area contributed by atoms with Crippen LogP contribution < -0.4 is 5.32 Å². The minimum Gasteiger partial charge on any atom is -0.312 e. The predicted octanol–water partition coefficient (Wildman–Crippen LogP) is 3.27. The van der Waals surface area contributed by atoms with Crippen LogP contribution in [0.1, 0.15) is 31.4 Å². The summed E-state index contributed by atoms with van der Waals surface area (Å²) in [4.78, 5) is 6.68. The fraction of sp³-hybridized carbons (Fsp3) is 0.450. The van der Waals surface area contributed by atoms with Crippen molar-refractivity contribution in [2.24, 2.45) is 0 Å². The van der Waals surface area contributed by atoms with Gasteiger partial charge in [0.05, 0.1) is 0 Å². The van der Waals surface area contributed by atoms with E-state index in [2.05, 4.69) is 71.5 Å². The fourth-order valence-corrected chi connectivity index (χ4v) is 3.50. The van der Waals surface area contributed by atoms with Crippen molar-refractivity contribution < 1.29 is 0 Å². The SMILES string of the molecule is CC1(C)CC(NCCc2ccncc2)CN1Cc1ccccc1. The van der Waals surface area contributed by atoms with Gasteiger partial charge < -0.3 is 5.32 Å². The topological polar surface area (TPSA) is 28.2 Å². The monoisotopic (exact) mass is 309 g/mol. The maximum absolute atomic E-state index is 4.07. The molecule has 122 valence electrons. The van der Waals surface area contributed by atoms with E-state index < -0.39 is 0 Å². The zero-order valence-corrected chi connectivity index (χ0v) is 14.2. The molecule has 2 heterocycles. The molecular weight excluding hydrogens is 282 g/mol. The Labute approximate surface area is 139 Å². The van der Waals surface area contributed by atoms with Crippen LogP contribution >= 0.6 is 0 Å². The molecule has 1 aromatic carbocycles. The molecule has 0 aliphatic carbocycles. The Morgan fingerprint density at radius 2 is 1.83 bits per heavy atom. The minimum absolute atomic E-state index is 0.254. The van der Waals surface area contributed by atoms with Crippen LogP contribution in [0.3, 0.4) is 0 Å². The van der Waals surface area contributed by atoms with Crippen molar-refractivity contribution in [3.05, 3.63) is 66.0 Å². The number of pyridine rings is 1. The Balaban J connectivity index is 1.51. The molecule has 1 aliphatic heterocycles. The molecule has 3 rings (SSSR count). The highest BCUT2D eigenvalue weighted by Gasteiger charge is 2.37. The second-order valence-corrected chi connectivity index (χ2v) is 7.14. The third-order valence-corrected chi connectivity index (χ3v) is 4.86. The first-order valence-electron chi connectivity index (χ1n) is 8.55. The number of hydrogen-bond donors (Lipinski definition) is 1. The Kier molecular flexibility index (Phi) is 5.09. The summed E-state index contributed by atoms with van der Waals surface area (Å²) >= 11 is 0. The molecule has 0 radical (unpaired) electrons. The second kappa shape index (κ2) is 7.24. The molecule has 1 aliphatic rings. The standard InChI is InChI=1S/C20H27N3/c1-20(2)14-19(22-13-10-17-8-11-21-12-9-17)16-23(20)15-18-6-4-3-5-7-18/h3-9,11-12,19,22H,10,13-16H2,1-2H3. The van der Waals surface area contributed by atoms with Crippen molar-refractivity contribution in [3.63, 3.8) is 0 Å². The molecule has 1 saturated heterocycles. The van der Waals surface area contributed by atoms with Crippen molar-refractivity contribution in [1.29, 1.82) is 0 Å². The predicted molar refractivity (Wildman–Crippen MR) is 95.3 cm³/mol. The lowest BCUT2D eigenvalue weighted by Crippen LogP contribution is -2.37. The van der Waals surface area contributed by atoms with Crippen LogP contribution in [-0.4, -0.2) is 34.6 Å². The summed E-state index contributed by atoms with van der Waals surface area (Å²) in [6, 6.07) is 15.6. The zero-order chi connectivity index (χ0) is 16.1. The number of nitrogens with zero attached hydrogens (tertiary/aromatic N) is 2. The minimum atomic E-state index is 0.254. The fourth-order valence-electron chi connectivity index (χ4n) is 3.50. The van der Waals surface area contributed by atoms with E-state index in [1.165, 1.54) is 17.5 Å². The first-order valence-corrected chi connectivity index (χ1v) is 8.55. The molecule has 2 aromatic rings. The van der Waals surface area contributed by atoms with E-state index >= 15 is 0 Å². The van der Waals surface area contributed by atoms with Gasteiger partial charge in [-0.3, -0.25) is 9.88 Å². The quantitative estimate of drug-likeness (QED) is 0.887. The molecule has 1 aromatic heterocycles. The van der Waals surface area contributed by atoms with Gasteiger partial charge in [0.25, 0.3) is 0 Å². The normalized spacial score (nSPS) is 20.7. The summed E-state index contributed by atoms with van der Waals surface area (Å²) in [5.41, 5.74) is 3.01. The molecule has 0 spiro atoms. The number of rotatable bonds is 6. The van der Waals surface area contributed by atoms with Gasteiger partial charge in [-0.15, -0.1) is 0 Å². The average molecular weight is 309 g/mol. The summed E-state index contributed by atoms with van der Waals surface area (Å²) in [6.07, 6.45) is 6.01. The Bertz CT molecular complexity index is 595. The Hall–Kier alpha value is -1.71. The van der Waals surface area contributed by atoms with Gasteiger partial charge in [-0.2, -0.15) is 0 Å². The van der Waals surface area contributed by atoms with E-state index in [4.69, 9.17) is 0 Å². The van der Waals surface area contributed by atoms with E-state index in [0.717, 1.165) is 26.1 Å². The molecule has 0 bridgehead atoms. The van der Waals surface area contributed by atoms with Crippen LogP contribution in [0.4, 0.5) is 0 Å². The third kappa shape index (κ3) is 4.40. The van der Waals surface area contributed by atoms with Crippen LogP contribution in [0, 0.1) is 0 Å². The third-order valence-electron chi connectivity index (χ3n) is 4.86. The molecule has 1 unspecified atom stereocenters. The van der Waals surface area contributed by atoms with Gasteiger partial charge in [-0.25, -0.2) is 0 Å². The summed E-state index contributed by atoms with van der Waals surface area (Å²) in [6.45, 7) is 7.92. The van der Waals surface area contributed by atoms with Gasteiger partial charge in [0.15, 0.2) is 0 Å². The number of hydrogen-bond acceptors (Lipinski definition) is 3. The molecule has 0 saturated carbocycles. The summed E-state index contributed by atoms with van der Waals surface area (Å²) in [5.74, 6) is 0. The molecule has 3 nitrogen and oxygen atoms in total. The Morgan fingerprint density at radius 3 is 2.57 bits per heavy atom. The largest absolute Gasteiger partial charge is 0.312 e.